The Hall–Kier alpha value is -0.750. The van der Waals surface area contributed by atoms with E-state index in [1.54, 1.807) is 11.8 Å². The van der Waals surface area contributed by atoms with Crippen molar-refractivity contribution >= 4 is 23.6 Å². The van der Waals surface area contributed by atoms with Crippen LogP contribution in [0, 0.1) is 0 Å². The highest BCUT2D eigenvalue weighted by Gasteiger charge is 2.35. The molecule has 1 unspecified atom stereocenters. The summed E-state index contributed by atoms with van der Waals surface area (Å²) in [5, 5.41) is 19.5. The summed E-state index contributed by atoms with van der Waals surface area (Å²) in [7, 11) is 0. The first kappa shape index (κ1) is 19.6. The fourth-order valence-electron chi connectivity index (χ4n) is 3.77. The Morgan fingerprint density at radius 3 is 2.58 bits per heavy atom. The van der Waals surface area contributed by atoms with Gasteiger partial charge in [0.05, 0.1) is 16.7 Å². The molecule has 1 saturated carbocycles. The number of hydrogen-bond acceptors (Lipinski definition) is 4. The standard InChI is InChI=1S/C18H31NO4S/c20-15-14-24-16(9-12-18(23)10-5-3-6-11-18)19(15)13-7-2-1-4-8-17(21)22/h16,23H,1-14H2,(H,21,22). The second-order valence-electron chi connectivity index (χ2n) is 7.23. The van der Waals surface area contributed by atoms with Crippen molar-refractivity contribution in [3.8, 4) is 0 Å². The van der Waals surface area contributed by atoms with E-state index in [1.807, 2.05) is 4.90 Å². The van der Waals surface area contributed by atoms with Gasteiger partial charge in [-0.2, -0.15) is 0 Å². The molecule has 0 radical (unpaired) electrons. The Morgan fingerprint density at radius 2 is 1.88 bits per heavy atom. The number of unbranched alkanes of at least 4 members (excludes halogenated alkanes) is 3. The van der Waals surface area contributed by atoms with Gasteiger partial charge in [-0.1, -0.05) is 32.1 Å². The third-order valence-corrected chi connectivity index (χ3v) is 6.54. The largest absolute Gasteiger partial charge is 0.481 e. The third-order valence-electron chi connectivity index (χ3n) is 5.25. The van der Waals surface area contributed by atoms with Crippen LogP contribution in [0.1, 0.15) is 77.0 Å². The minimum atomic E-state index is -0.734. The Labute approximate surface area is 149 Å². The normalized spacial score (nSPS) is 23.6. The molecule has 0 bridgehead atoms. The summed E-state index contributed by atoms with van der Waals surface area (Å²) in [4.78, 5) is 24.5. The van der Waals surface area contributed by atoms with Gasteiger partial charge < -0.3 is 15.1 Å². The smallest absolute Gasteiger partial charge is 0.303 e. The summed E-state index contributed by atoms with van der Waals surface area (Å²) >= 11 is 1.71. The second kappa shape index (κ2) is 9.66. The molecule has 5 nitrogen and oxygen atoms in total. The van der Waals surface area contributed by atoms with Crippen LogP contribution in [0.4, 0.5) is 0 Å². The summed E-state index contributed by atoms with van der Waals surface area (Å²) in [5.41, 5.74) is -0.507. The first-order valence-corrected chi connectivity index (χ1v) is 10.4. The molecule has 24 heavy (non-hydrogen) atoms. The van der Waals surface area contributed by atoms with Crippen LogP contribution in [-0.4, -0.2) is 50.3 Å². The molecule has 0 spiro atoms. The van der Waals surface area contributed by atoms with E-state index >= 15 is 0 Å². The zero-order valence-electron chi connectivity index (χ0n) is 14.5. The van der Waals surface area contributed by atoms with E-state index in [2.05, 4.69) is 0 Å². The zero-order valence-corrected chi connectivity index (χ0v) is 15.4. The van der Waals surface area contributed by atoms with Crippen LogP contribution in [-0.2, 0) is 9.59 Å². The number of carbonyl (C=O) groups excluding carboxylic acids is 1. The molecule has 1 heterocycles. The number of thioether (sulfide) groups is 1. The van der Waals surface area contributed by atoms with Crippen molar-refractivity contribution in [3.63, 3.8) is 0 Å². The van der Waals surface area contributed by atoms with Crippen LogP contribution >= 0.6 is 11.8 Å². The van der Waals surface area contributed by atoms with E-state index in [0.29, 0.717) is 12.2 Å². The van der Waals surface area contributed by atoms with Gasteiger partial charge in [0, 0.05) is 13.0 Å². The van der Waals surface area contributed by atoms with Gasteiger partial charge in [-0.05, 0) is 38.5 Å². The van der Waals surface area contributed by atoms with Crippen molar-refractivity contribution in [2.75, 3.05) is 12.3 Å². The van der Waals surface area contributed by atoms with Gasteiger partial charge in [0.1, 0.15) is 0 Å². The summed E-state index contributed by atoms with van der Waals surface area (Å²) < 4.78 is 0. The molecule has 0 aromatic rings. The predicted octanol–water partition coefficient (Wildman–Crippen LogP) is 3.40. The lowest BCUT2D eigenvalue weighted by Gasteiger charge is -2.34. The topological polar surface area (TPSA) is 77.8 Å². The zero-order chi connectivity index (χ0) is 17.4. The molecule has 1 amide bonds. The highest BCUT2D eigenvalue weighted by molar-refractivity contribution is 8.00. The molecule has 2 rings (SSSR count). The minimum absolute atomic E-state index is 0.211. The maximum atomic E-state index is 12.1. The van der Waals surface area contributed by atoms with Gasteiger partial charge in [-0.25, -0.2) is 0 Å². The molecule has 6 heteroatoms. The molecule has 1 saturated heterocycles. The molecule has 1 atom stereocenters. The Balaban J connectivity index is 1.68. The van der Waals surface area contributed by atoms with E-state index in [-0.39, 0.29) is 17.7 Å². The predicted molar refractivity (Wildman–Crippen MR) is 95.9 cm³/mol. The monoisotopic (exact) mass is 357 g/mol. The lowest BCUT2D eigenvalue weighted by atomic mass is 9.81. The molecular weight excluding hydrogens is 326 g/mol. The van der Waals surface area contributed by atoms with Crippen molar-refractivity contribution in [1.29, 1.82) is 0 Å². The van der Waals surface area contributed by atoms with Crippen LogP contribution in [0.25, 0.3) is 0 Å². The van der Waals surface area contributed by atoms with Gasteiger partial charge in [0.15, 0.2) is 0 Å². The van der Waals surface area contributed by atoms with Gasteiger partial charge in [-0.15, -0.1) is 11.8 Å². The number of carboxylic acids is 1. The summed E-state index contributed by atoms with van der Waals surface area (Å²) in [6.07, 6.45) is 10.7. The molecule has 1 aliphatic heterocycles. The number of amides is 1. The number of carboxylic acid groups (broad SMARTS) is 1. The molecular formula is C18H31NO4S. The molecule has 2 N–H and O–H groups in total. The van der Waals surface area contributed by atoms with Crippen LogP contribution < -0.4 is 0 Å². The van der Waals surface area contributed by atoms with E-state index in [9.17, 15) is 14.7 Å². The first-order chi connectivity index (χ1) is 11.5. The molecule has 2 aliphatic rings. The van der Waals surface area contributed by atoms with E-state index in [0.717, 1.165) is 64.3 Å². The maximum absolute atomic E-state index is 12.1. The highest BCUT2D eigenvalue weighted by Crippen LogP contribution is 2.36. The first-order valence-electron chi connectivity index (χ1n) is 9.35. The number of hydrogen-bond donors (Lipinski definition) is 2. The van der Waals surface area contributed by atoms with E-state index < -0.39 is 11.6 Å². The molecule has 1 aliphatic carbocycles. The second-order valence-corrected chi connectivity index (χ2v) is 8.40. The number of nitrogens with zero attached hydrogens (tertiary/aromatic N) is 1. The number of aliphatic hydroxyl groups is 1. The molecule has 0 aromatic heterocycles. The molecule has 2 fully saturated rings. The fraction of sp³-hybridized carbons (Fsp3) is 0.889. The van der Waals surface area contributed by atoms with Crippen LogP contribution in [0.2, 0.25) is 0 Å². The molecule has 0 aromatic carbocycles. The Kier molecular flexibility index (Phi) is 7.88. The number of rotatable bonds is 10. The summed E-state index contributed by atoms with van der Waals surface area (Å²) in [5.74, 6) is 0.0373. The number of carbonyl (C=O) groups is 2. The van der Waals surface area contributed by atoms with Crippen LogP contribution in [0.15, 0.2) is 0 Å². The van der Waals surface area contributed by atoms with Gasteiger partial charge in [0.25, 0.3) is 0 Å². The van der Waals surface area contributed by atoms with Crippen molar-refractivity contribution < 1.29 is 19.8 Å². The van der Waals surface area contributed by atoms with Crippen LogP contribution in [0.5, 0.6) is 0 Å². The Bertz CT molecular complexity index is 423. The fourth-order valence-corrected chi connectivity index (χ4v) is 4.96. The van der Waals surface area contributed by atoms with Crippen molar-refractivity contribution in [3.05, 3.63) is 0 Å². The van der Waals surface area contributed by atoms with E-state index in [4.69, 9.17) is 5.11 Å². The van der Waals surface area contributed by atoms with Gasteiger partial charge in [-0.3, -0.25) is 9.59 Å². The lowest BCUT2D eigenvalue weighted by Crippen LogP contribution is -2.37. The lowest BCUT2D eigenvalue weighted by molar-refractivity contribution is -0.137. The van der Waals surface area contributed by atoms with Crippen molar-refractivity contribution in [2.45, 2.75) is 88.0 Å². The SMILES string of the molecule is O=C(O)CCCCCCN1C(=O)CSC1CCC1(O)CCCCC1. The van der Waals surface area contributed by atoms with Crippen LogP contribution in [0.3, 0.4) is 0 Å². The van der Waals surface area contributed by atoms with Gasteiger partial charge in [0.2, 0.25) is 5.91 Å². The van der Waals surface area contributed by atoms with Crippen molar-refractivity contribution in [1.82, 2.24) is 4.90 Å². The average Bonchev–Trinajstić information content (AvgIpc) is 2.90. The maximum Gasteiger partial charge on any atom is 0.303 e. The summed E-state index contributed by atoms with van der Waals surface area (Å²) in [6, 6.07) is 0. The van der Waals surface area contributed by atoms with E-state index in [1.165, 1.54) is 6.42 Å². The quantitative estimate of drug-likeness (QED) is 0.586. The summed E-state index contributed by atoms with van der Waals surface area (Å²) in [6.45, 7) is 0.766. The van der Waals surface area contributed by atoms with Crippen molar-refractivity contribution in [2.24, 2.45) is 0 Å². The Morgan fingerprint density at radius 1 is 1.17 bits per heavy atom. The number of aliphatic carboxylic acids is 1. The third kappa shape index (κ3) is 6.28. The molecule has 138 valence electrons. The highest BCUT2D eigenvalue weighted by atomic mass is 32.2. The van der Waals surface area contributed by atoms with Gasteiger partial charge >= 0.3 is 5.97 Å². The minimum Gasteiger partial charge on any atom is -0.481 e. The average molecular weight is 358 g/mol.